The maximum atomic E-state index is 13.9. The number of hydrogen-bond acceptors (Lipinski definition) is 4. The molecule has 0 radical (unpaired) electrons. The molecule has 3 aromatic carbocycles. The fourth-order valence-electron chi connectivity index (χ4n) is 5.99. The number of hydrogen-bond donors (Lipinski definition) is 1. The van der Waals surface area contributed by atoms with Crippen LogP contribution in [0.2, 0.25) is 0 Å². The number of alkyl halides is 6. The van der Waals surface area contributed by atoms with E-state index in [0.717, 1.165) is 36.4 Å². The van der Waals surface area contributed by atoms with Gasteiger partial charge in [0, 0.05) is 11.9 Å². The first-order chi connectivity index (χ1) is 19.4. The van der Waals surface area contributed by atoms with Crippen molar-refractivity contribution in [2.75, 3.05) is 10.2 Å². The number of carbonyl (C=O) groups is 3. The fraction of sp³-hybridized carbons (Fsp3) is 0.207. The van der Waals surface area contributed by atoms with E-state index >= 15 is 0 Å². The van der Waals surface area contributed by atoms with Gasteiger partial charge in [-0.1, -0.05) is 42.5 Å². The molecule has 3 heterocycles. The normalized spacial score (nSPS) is 23.4. The molecule has 0 unspecified atom stereocenters. The highest BCUT2D eigenvalue weighted by Gasteiger charge is 2.65. The maximum Gasteiger partial charge on any atom is 0.418 e. The third kappa shape index (κ3) is 4.25. The highest BCUT2D eigenvalue weighted by molar-refractivity contribution is 6.24. The molecule has 41 heavy (non-hydrogen) atoms. The number of benzene rings is 3. The number of para-hydroxylation sites is 1. The van der Waals surface area contributed by atoms with Gasteiger partial charge in [-0.2, -0.15) is 26.3 Å². The van der Waals surface area contributed by atoms with Gasteiger partial charge in [-0.15, -0.1) is 0 Å². The van der Waals surface area contributed by atoms with E-state index < -0.39 is 70.8 Å². The van der Waals surface area contributed by atoms with Crippen molar-refractivity contribution in [3.63, 3.8) is 0 Å². The summed E-state index contributed by atoms with van der Waals surface area (Å²) in [7, 11) is 0. The predicted octanol–water partition coefficient (Wildman–Crippen LogP) is 5.88. The predicted molar refractivity (Wildman–Crippen MR) is 135 cm³/mol. The second kappa shape index (κ2) is 9.22. The van der Waals surface area contributed by atoms with Crippen LogP contribution in [0.15, 0.2) is 79.0 Å². The minimum Gasteiger partial charge on any atom is -0.357 e. The van der Waals surface area contributed by atoms with E-state index in [-0.39, 0.29) is 5.69 Å². The topological polar surface area (TPSA) is 69.7 Å². The summed E-state index contributed by atoms with van der Waals surface area (Å²) < 4.78 is 81.4. The van der Waals surface area contributed by atoms with Crippen molar-refractivity contribution in [2.45, 2.75) is 24.4 Å². The second-order valence-electron chi connectivity index (χ2n) is 9.93. The summed E-state index contributed by atoms with van der Waals surface area (Å²) >= 11 is 0. The van der Waals surface area contributed by atoms with Gasteiger partial charge in [0.2, 0.25) is 17.7 Å². The van der Waals surface area contributed by atoms with Gasteiger partial charge in [0.25, 0.3) is 0 Å². The number of imide groups is 1. The first kappa shape index (κ1) is 26.6. The van der Waals surface area contributed by atoms with E-state index in [2.05, 4.69) is 5.32 Å². The van der Waals surface area contributed by atoms with Crippen LogP contribution in [0.1, 0.15) is 28.3 Å². The van der Waals surface area contributed by atoms with Crippen LogP contribution < -0.4 is 10.2 Å². The number of nitrogens with zero attached hydrogens (tertiary/aromatic N) is 2. The third-order valence-electron chi connectivity index (χ3n) is 7.64. The lowest BCUT2D eigenvalue weighted by molar-refractivity contribution is -0.138. The van der Waals surface area contributed by atoms with Gasteiger partial charge in [-0.3, -0.25) is 14.4 Å². The molecule has 3 aromatic rings. The zero-order valence-electron chi connectivity index (χ0n) is 20.8. The minimum absolute atomic E-state index is 0.192. The molecule has 6 rings (SSSR count). The first-order valence-electron chi connectivity index (χ1n) is 12.4. The van der Waals surface area contributed by atoms with Gasteiger partial charge in [0.15, 0.2) is 0 Å². The fourth-order valence-corrected chi connectivity index (χ4v) is 5.99. The molecule has 2 fully saturated rings. The van der Waals surface area contributed by atoms with Crippen LogP contribution in [0.5, 0.6) is 0 Å². The Morgan fingerprint density at radius 3 is 2.20 bits per heavy atom. The highest BCUT2D eigenvalue weighted by atomic mass is 19.4. The van der Waals surface area contributed by atoms with Gasteiger partial charge in [0.05, 0.1) is 34.7 Å². The number of amides is 3. The van der Waals surface area contributed by atoms with E-state index in [4.69, 9.17) is 0 Å². The molecule has 4 atom stereocenters. The summed E-state index contributed by atoms with van der Waals surface area (Å²) in [6.07, 6.45) is -6.36. The summed E-state index contributed by atoms with van der Waals surface area (Å²) in [4.78, 5) is 43.4. The average molecular weight is 571 g/mol. The number of anilines is 2. The number of halogens is 6. The molecule has 0 spiro atoms. The van der Waals surface area contributed by atoms with Crippen LogP contribution in [-0.2, 0) is 26.7 Å². The molecule has 12 heteroatoms. The zero-order chi connectivity index (χ0) is 29.3. The average Bonchev–Trinajstić information content (AvgIpc) is 3.40. The zero-order valence-corrected chi connectivity index (χ0v) is 20.8. The molecule has 3 aliphatic rings. The second-order valence-corrected chi connectivity index (χ2v) is 9.93. The van der Waals surface area contributed by atoms with Crippen molar-refractivity contribution in [1.82, 2.24) is 4.90 Å². The van der Waals surface area contributed by atoms with Crippen LogP contribution in [0.25, 0.3) is 6.08 Å². The largest absolute Gasteiger partial charge is 0.418 e. The molecular weight excluding hydrogens is 552 g/mol. The Morgan fingerprint density at radius 2 is 1.46 bits per heavy atom. The molecule has 6 nitrogen and oxygen atoms in total. The van der Waals surface area contributed by atoms with Crippen molar-refractivity contribution in [3.8, 4) is 0 Å². The lowest BCUT2D eigenvalue weighted by atomic mass is 9.84. The Labute approximate surface area is 228 Å². The van der Waals surface area contributed by atoms with E-state index in [0.29, 0.717) is 16.0 Å². The van der Waals surface area contributed by atoms with E-state index in [1.807, 2.05) is 0 Å². The number of carbonyl (C=O) groups excluding carboxylic acids is 3. The Bertz CT molecular complexity index is 1620. The molecular formula is C29H19F6N3O3. The van der Waals surface area contributed by atoms with Gasteiger partial charge in [-0.25, -0.2) is 4.90 Å². The molecule has 0 bridgehead atoms. The molecule has 0 saturated carbocycles. The van der Waals surface area contributed by atoms with Crippen LogP contribution in [0.4, 0.5) is 37.7 Å². The van der Waals surface area contributed by atoms with Crippen molar-refractivity contribution < 1.29 is 40.7 Å². The number of fused-ring (bicyclic) bond motifs is 5. The van der Waals surface area contributed by atoms with Gasteiger partial charge < -0.3 is 10.2 Å². The third-order valence-corrected chi connectivity index (χ3v) is 7.64. The van der Waals surface area contributed by atoms with Crippen molar-refractivity contribution in [3.05, 3.63) is 101 Å². The summed E-state index contributed by atoms with van der Waals surface area (Å²) in [5.41, 5.74) is -1.75. The Hall–Kier alpha value is -4.61. The molecule has 210 valence electrons. The summed E-state index contributed by atoms with van der Waals surface area (Å²) in [6, 6.07) is 12.7. The Balaban J connectivity index is 1.44. The van der Waals surface area contributed by atoms with E-state index in [1.54, 1.807) is 30.3 Å². The SMILES string of the molecule is O=C(Nc1cccc(C(F)(F)F)c1)[C@H]1[C@H]2C(=O)N(c3ccccc3C(F)(F)F)C(=O)[C@@H]2[C@H]2c3ccccc3C=CN21. The number of rotatable bonds is 3. The number of nitrogens with one attached hydrogen (secondary N) is 1. The van der Waals surface area contributed by atoms with E-state index in [1.165, 1.54) is 23.2 Å². The molecule has 3 aliphatic heterocycles. The lowest BCUT2D eigenvalue weighted by Crippen LogP contribution is -2.46. The van der Waals surface area contributed by atoms with Crippen molar-refractivity contribution >= 4 is 35.2 Å². The molecule has 3 amide bonds. The van der Waals surface area contributed by atoms with Gasteiger partial charge in [0.1, 0.15) is 6.04 Å². The Morgan fingerprint density at radius 1 is 0.780 bits per heavy atom. The standard InChI is InChI=1S/C29H19F6N3O3/c30-28(31,32)16-7-5-8-17(14-16)36-25(39)24-22-21(23-18-9-2-1-6-15(18)12-13-37(23)24)26(40)38(27(22)41)20-11-4-3-10-19(20)29(33,34)35/h1-14,21-24H,(H,36,39)/t21-,22-,23+,24+/m0/s1. The summed E-state index contributed by atoms with van der Waals surface area (Å²) in [5, 5.41) is 2.42. The smallest absolute Gasteiger partial charge is 0.357 e. The molecule has 0 aromatic heterocycles. The van der Waals surface area contributed by atoms with Crippen LogP contribution >= 0.6 is 0 Å². The van der Waals surface area contributed by atoms with E-state index in [9.17, 15) is 40.7 Å². The first-order valence-corrected chi connectivity index (χ1v) is 12.4. The van der Waals surface area contributed by atoms with Crippen LogP contribution in [-0.4, -0.2) is 28.7 Å². The monoisotopic (exact) mass is 571 g/mol. The summed E-state index contributed by atoms with van der Waals surface area (Å²) in [5.74, 6) is -5.41. The summed E-state index contributed by atoms with van der Waals surface area (Å²) in [6.45, 7) is 0. The molecule has 0 aliphatic carbocycles. The highest BCUT2D eigenvalue weighted by Crippen LogP contribution is 2.54. The maximum absolute atomic E-state index is 13.9. The van der Waals surface area contributed by atoms with Crippen LogP contribution in [0, 0.1) is 11.8 Å². The Kier molecular flexibility index (Phi) is 5.98. The quantitative estimate of drug-likeness (QED) is 0.315. The van der Waals surface area contributed by atoms with Crippen molar-refractivity contribution in [1.29, 1.82) is 0 Å². The van der Waals surface area contributed by atoms with Gasteiger partial charge in [-0.05, 0) is 47.5 Å². The van der Waals surface area contributed by atoms with Crippen LogP contribution in [0.3, 0.4) is 0 Å². The van der Waals surface area contributed by atoms with Crippen molar-refractivity contribution in [2.24, 2.45) is 11.8 Å². The lowest BCUT2D eigenvalue weighted by Gasteiger charge is -2.35. The molecule has 2 saturated heterocycles. The van der Waals surface area contributed by atoms with Gasteiger partial charge >= 0.3 is 12.4 Å². The molecule has 1 N–H and O–H groups in total. The minimum atomic E-state index is -4.87.